The van der Waals surface area contributed by atoms with E-state index >= 15 is 0 Å². The summed E-state index contributed by atoms with van der Waals surface area (Å²) in [6, 6.07) is 8.60. The minimum absolute atomic E-state index is 0.0912. The fourth-order valence-electron chi connectivity index (χ4n) is 2.50. The molecular formula is C17H24N2O4S. The van der Waals surface area contributed by atoms with Crippen molar-refractivity contribution in [1.82, 2.24) is 4.90 Å². The van der Waals surface area contributed by atoms with E-state index in [1.165, 1.54) is 6.26 Å². The molecule has 1 unspecified atom stereocenters. The summed E-state index contributed by atoms with van der Waals surface area (Å²) < 4.78 is 21.5. The molecule has 0 saturated carbocycles. The highest BCUT2D eigenvalue weighted by Crippen LogP contribution is 2.19. The predicted molar refractivity (Wildman–Crippen MR) is 93.5 cm³/mol. The number of nitrogens with zero attached hydrogens (tertiary/aromatic N) is 2. The number of ether oxygens (including phenoxy) is 1. The maximum absolute atomic E-state index is 12.5. The van der Waals surface area contributed by atoms with Gasteiger partial charge in [-0.15, -0.1) is 0 Å². The van der Waals surface area contributed by atoms with Crippen molar-refractivity contribution in [3.8, 4) is 0 Å². The van der Waals surface area contributed by atoms with Crippen LogP contribution < -0.4 is 0 Å². The van der Waals surface area contributed by atoms with Crippen LogP contribution in [0, 0.1) is 5.92 Å². The lowest BCUT2D eigenvalue weighted by molar-refractivity contribution is 0.0589. The quantitative estimate of drug-likeness (QED) is 0.738. The summed E-state index contributed by atoms with van der Waals surface area (Å²) in [6.07, 6.45) is 3.01. The zero-order chi connectivity index (χ0) is 17.6. The first-order chi connectivity index (χ1) is 11.4. The van der Waals surface area contributed by atoms with E-state index in [1.54, 1.807) is 29.2 Å². The van der Waals surface area contributed by atoms with Gasteiger partial charge in [-0.3, -0.25) is 4.79 Å². The third-order valence-corrected chi connectivity index (χ3v) is 5.42. The van der Waals surface area contributed by atoms with Crippen molar-refractivity contribution in [3.05, 3.63) is 35.9 Å². The average Bonchev–Trinajstić information content (AvgIpc) is 2.51. The average molecular weight is 352 g/mol. The van der Waals surface area contributed by atoms with Gasteiger partial charge in [0, 0.05) is 36.6 Å². The van der Waals surface area contributed by atoms with E-state index in [9.17, 15) is 13.8 Å². The van der Waals surface area contributed by atoms with Gasteiger partial charge in [-0.2, -0.15) is 4.36 Å². The topological polar surface area (TPSA) is 76.0 Å². The second kappa shape index (κ2) is 8.28. The summed E-state index contributed by atoms with van der Waals surface area (Å²) in [5.74, 6) is -0.0589. The first-order valence-corrected chi connectivity index (χ1v) is 10.2. The summed E-state index contributed by atoms with van der Waals surface area (Å²) in [6.45, 7) is 3.48. The van der Waals surface area contributed by atoms with Crippen molar-refractivity contribution in [2.75, 3.05) is 31.7 Å². The van der Waals surface area contributed by atoms with Crippen molar-refractivity contribution < 1.29 is 18.5 Å². The molecule has 1 aromatic rings. The SMILES string of the molecule is CCCCOC(=O)N1CC(CS(C)(=O)=NC(=O)c2ccccc2)C1. The van der Waals surface area contributed by atoms with Gasteiger partial charge in [-0.05, 0) is 18.6 Å². The van der Waals surface area contributed by atoms with Crippen molar-refractivity contribution in [2.24, 2.45) is 10.3 Å². The number of benzene rings is 1. The molecule has 0 spiro atoms. The molecule has 1 aliphatic rings. The van der Waals surface area contributed by atoms with Crippen LogP contribution >= 0.6 is 0 Å². The van der Waals surface area contributed by atoms with E-state index in [0.29, 0.717) is 31.0 Å². The second-order valence-electron chi connectivity index (χ2n) is 6.13. The Hall–Kier alpha value is -1.89. The summed E-state index contributed by atoms with van der Waals surface area (Å²) in [5, 5.41) is 0. The van der Waals surface area contributed by atoms with Crippen molar-refractivity contribution in [1.29, 1.82) is 0 Å². The molecule has 6 nitrogen and oxygen atoms in total. The Morgan fingerprint density at radius 1 is 1.29 bits per heavy atom. The molecule has 1 fully saturated rings. The van der Waals surface area contributed by atoms with Crippen LogP contribution in [-0.4, -0.2) is 52.8 Å². The minimum atomic E-state index is -2.61. The smallest absolute Gasteiger partial charge is 0.409 e. The molecule has 1 aliphatic heterocycles. The van der Waals surface area contributed by atoms with Gasteiger partial charge in [-0.25, -0.2) is 9.00 Å². The largest absolute Gasteiger partial charge is 0.449 e. The van der Waals surface area contributed by atoms with Crippen LogP contribution in [0.15, 0.2) is 34.7 Å². The van der Waals surface area contributed by atoms with Crippen LogP contribution in [0.4, 0.5) is 4.79 Å². The summed E-state index contributed by atoms with van der Waals surface area (Å²) in [5.41, 5.74) is 0.432. The molecule has 0 N–H and O–H groups in total. The van der Waals surface area contributed by atoms with E-state index in [4.69, 9.17) is 4.74 Å². The Kier molecular flexibility index (Phi) is 6.36. The number of amides is 2. The van der Waals surface area contributed by atoms with Crippen LogP contribution in [0.25, 0.3) is 0 Å². The molecule has 1 atom stereocenters. The van der Waals surface area contributed by atoms with Gasteiger partial charge in [0.1, 0.15) is 0 Å². The number of hydrogen-bond donors (Lipinski definition) is 0. The normalized spacial score (nSPS) is 16.8. The lowest BCUT2D eigenvalue weighted by Crippen LogP contribution is -2.52. The van der Waals surface area contributed by atoms with Gasteiger partial charge in [-0.1, -0.05) is 31.5 Å². The monoisotopic (exact) mass is 352 g/mol. The van der Waals surface area contributed by atoms with Crippen molar-refractivity contribution in [3.63, 3.8) is 0 Å². The van der Waals surface area contributed by atoms with Crippen molar-refractivity contribution in [2.45, 2.75) is 19.8 Å². The van der Waals surface area contributed by atoms with Crippen LogP contribution in [-0.2, 0) is 14.5 Å². The highest BCUT2D eigenvalue weighted by Gasteiger charge is 2.33. The lowest BCUT2D eigenvalue weighted by atomic mass is 10.0. The third kappa shape index (κ3) is 5.33. The Labute approximate surface area is 143 Å². The van der Waals surface area contributed by atoms with Crippen LogP contribution in [0.3, 0.4) is 0 Å². The molecule has 1 saturated heterocycles. The van der Waals surface area contributed by atoms with Gasteiger partial charge >= 0.3 is 6.09 Å². The molecular weight excluding hydrogens is 328 g/mol. The molecule has 2 amide bonds. The van der Waals surface area contributed by atoms with Crippen molar-refractivity contribution >= 4 is 21.7 Å². The molecule has 0 bridgehead atoms. The fourth-order valence-corrected chi connectivity index (χ4v) is 4.12. The number of likely N-dealkylation sites (tertiary alicyclic amines) is 1. The number of rotatable bonds is 6. The number of unbranched alkanes of at least 4 members (excludes halogenated alkanes) is 1. The van der Waals surface area contributed by atoms with Gasteiger partial charge < -0.3 is 9.64 Å². The first kappa shape index (κ1) is 18.4. The molecule has 132 valence electrons. The standard InChI is InChI=1S/C17H24N2O4S/c1-3-4-10-23-17(21)19-11-14(12-19)13-24(2,22)18-16(20)15-8-6-5-7-9-15/h5-9,14H,3-4,10-13H2,1-2H3. The third-order valence-electron chi connectivity index (χ3n) is 3.78. The van der Waals surface area contributed by atoms with Crippen LogP contribution in [0.2, 0.25) is 0 Å². The highest BCUT2D eigenvalue weighted by molar-refractivity contribution is 7.93. The Morgan fingerprint density at radius 2 is 1.96 bits per heavy atom. The highest BCUT2D eigenvalue weighted by atomic mass is 32.2. The molecule has 1 aromatic carbocycles. The Morgan fingerprint density at radius 3 is 2.58 bits per heavy atom. The van der Waals surface area contributed by atoms with E-state index < -0.39 is 15.6 Å². The molecule has 0 aliphatic carbocycles. The Bertz CT molecular complexity index is 690. The van der Waals surface area contributed by atoms with Gasteiger partial charge in [0.05, 0.1) is 16.3 Å². The Balaban J connectivity index is 1.84. The summed E-state index contributed by atoms with van der Waals surface area (Å²) >= 11 is 0. The van der Waals surface area contributed by atoms with Gasteiger partial charge in [0.15, 0.2) is 0 Å². The van der Waals surface area contributed by atoms with Crippen LogP contribution in [0.5, 0.6) is 0 Å². The number of carbonyl (C=O) groups is 2. The number of hydrogen-bond acceptors (Lipinski definition) is 4. The molecule has 2 rings (SSSR count). The first-order valence-electron chi connectivity index (χ1n) is 8.12. The maximum Gasteiger partial charge on any atom is 0.409 e. The minimum Gasteiger partial charge on any atom is -0.449 e. The molecule has 1 heterocycles. The zero-order valence-corrected chi connectivity index (χ0v) is 15.0. The number of carbonyl (C=O) groups excluding carboxylic acids is 2. The molecule has 24 heavy (non-hydrogen) atoms. The fraction of sp³-hybridized carbons (Fsp3) is 0.529. The maximum atomic E-state index is 12.5. The summed E-state index contributed by atoms with van der Waals surface area (Å²) in [4.78, 5) is 25.4. The zero-order valence-electron chi connectivity index (χ0n) is 14.1. The van der Waals surface area contributed by atoms with E-state index in [0.717, 1.165) is 12.8 Å². The van der Waals surface area contributed by atoms with E-state index in [1.807, 2.05) is 13.0 Å². The predicted octanol–water partition coefficient (Wildman–Crippen LogP) is 2.79. The van der Waals surface area contributed by atoms with Crippen LogP contribution in [0.1, 0.15) is 30.1 Å². The van der Waals surface area contributed by atoms with E-state index in [2.05, 4.69) is 4.36 Å². The molecule has 0 radical (unpaired) electrons. The second-order valence-corrected chi connectivity index (χ2v) is 8.56. The molecule has 0 aromatic heterocycles. The van der Waals surface area contributed by atoms with E-state index in [-0.39, 0.29) is 12.0 Å². The lowest BCUT2D eigenvalue weighted by Gasteiger charge is -2.38. The van der Waals surface area contributed by atoms with Gasteiger partial charge in [0.2, 0.25) is 0 Å². The van der Waals surface area contributed by atoms with Gasteiger partial charge in [0.25, 0.3) is 5.91 Å². The summed E-state index contributed by atoms with van der Waals surface area (Å²) in [7, 11) is -2.61. The molecule has 7 heteroatoms.